The van der Waals surface area contributed by atoms with Crippen molar-refractivity contribution in [1.82, 2.24) is 10.2 Å². The van der Waals surface area contributed by atoms with Gasteiger partial charge < -0.3 is 20.7 Å². The molecular formula is C21H34N4O2. The standard InChI is InChI=1S/C21H34N4O2/c1-5-27-20(26)25-14-11-18(12-15-25)24-19(22)23-13-10-16-6-8-17(9-7-16)21(2,3)4/h6-9,18H,5,10-15H2,1-4H3,(H3,22,23,24). The smallest absolute Gasteiger partial charge is 0.409 e. The van der Waals surface area contributed by atoms with Crippen LogP contribution in [-0.4, -0.2) is 49.2 Å². The third-order valence-electron chi connectivity index (χ3n) is 4.88. The zero-order valence-electron chi connectivity index (χ0n) is 17.1. The number of amides is 1. The van der Waals surface area contributed by atoms with Crippen LogP contribution in [0.5, 0.6) is 0 Å². The van der Waals surface area contributed by atoms with Crippen LogP contribution in [0.4, 0.5) is 4.79 Å². The van der Waals surface area contributed by atoms with E-state index in [4.69, 9.17) is 10.5 Å². The van der Waals surface area contributed by atoms with Gasteiger partial charge in [0, 0.05) is 25.7 Å². The molecule has 1 aliphatic rings. The molecule has 1 fully saturated rings. The van der Waals surface area contributed by atoms with Gasteiger partial charge in [-0.2, -0.15) is 0 Å². The molecule has 1 aromatic rings. The van der Waals surface area contributed by atoms with Gasteiger partial charge in [-0.05, 0) is 42.7 Å². The molecule has 0 atom stereocenters. The van der Waals surface area contributed by atoms with Crippen molar-refractivity contribution in [2.75, 3.05) is 26.2 Å². The lowest BCUT2D eigenvalue weighted by atomic mass is 9.86. The van der Waals surface area contributed by atoms with Gasteiger partial charge in [0.2, 0.25) is 0 Å². The van der Waals surface area contributed by atoms with E-state index < -0.39 is 0 Å². The molecule has 1 aliphatic heterocycles. The van der Waals surface area contributed by atoms with Crippen LogP contribution in [0, 0.1) is 0 Å². The lowest BCUT2D eigenvalue weighted by molar-refractivity contribution is 0.0963. The van der Waals surface area contributed by atoms with Gasteiger partial charge in [0.05, 0.1) is 6.61 Å². The second-order valence-corrected chi connectivity index (χ2v) is 8.07. The highest BCUT2D eigenvalue weighted by atomic mass is 16.6. The number of rotatable bonds is 5. The Balaban J connectivity index is 1.73. The minimum atomic E-state index is -0.227. The SMILES string of the molecule is CCOC(=O)N1CCC(NC(N)=NCCc2ccc(C(C)(C)C)cc2)CC1. The van der Waals surface area contributed by atoms with Crippen LogP contribution in [0.15, 0.2) is 29.3 Å². The fraction of sp³-hybridized carbons (Fsp3) is 0.619. The summed E-state index contributed by atoms with van der Waals surface area (Å²) in [7, 11) is 0. The second-order valence-electron chi connectivity index (χ2n) is 8.07. The molecule has 6 nitrogen and oxygen atoms in total. The fourth-order valence-electron chi connectivity index (χ4n) is 3.15. The van der Waals surface area contributed by atoms with E-state index >= 15 is 0 Å². The number of benzene rings is 1. The Bertz CT molecular complexity index is 627. The molecule has 1 amide bonds. The first-order valence-electron chi connectivity index (χ1n) is 9.87. The molecule has 27 heavy (non-hydrogen) atoms. The third-order valence-corrected chi connectivity index (χ3v) is 4.88. The Hall–Kier alpha value is -2.24. The molecule has 6 heteroatoms. The molecule has 3 N–H and O–H groups in total. The summed E-state index contributed by atoms with van der Waals surface area (Å²) in [5.74, 6) is 0.482. The van der Waals surface area contributed by atoms with E-state index in [0.29, 0.717) is 32.2 Å². The maximum Gasteiger partial charge on any atom is 0.409 e. The number of nitrogens with zero attached hydrogens (tertiary/aromatic N) is 2. The minimum Gasteiger partial charge on any atom is -0.450 e. The second kappa shape index (κ2) is 9.62. The summed E-state index contributed by atoms with van der Waals surface area (Å²) in [6, 6.07) is 8.98. The van der Waals surface area contributed by atoms with Crippen molar-refractivity contribution in [3.63, 3.8) is 0 Å². The van der Waals surface area contributed by atoms with Crippen LogP contribution >= 0.6 is 0 Å². The van der Waals surface area contributed by atoms with Gasteiger partial charge in [0.25, 0.3) is 0 Å². The number of aliphatic imine (C=N–C) groups is 1. The first-order valence-corrected chi connectivity index (χ1v) is 9.87. The molecule has 150 valence electrons. The molecule has 0 unspecified atom stereocenters. The number of piperidine rings is 1. The van der Waals surface area contributed by atoms with Crippen LogP contribution in [-0.2, 0) is 16.6 Å². The van der Waals surface area contributed by atoms with Gasteiger partial charge in [-0.25, -0.2) is 4.79 Å². The van der Waals surface area contributed by atoms with E-state index in [1.807, 2.05) is 6.92 Å². The monoisotopic (exact) mass is 374 g/mol. The third kappa shape index (κ3) is 6.77. The highest BCUT2D eigenvalue weighted by molar-refractivity contribution is 5.78. The number of nitrogens with one attached hydrogen (secondary N) is 1. The van der Waals surface area contributed by atoms with Crippen LogP contribution in [0.25, 0.3) is 0 Å². The Kier molecular flexibility index (Phi) is 7.51. The molecule has 2 rings (SSSR count). The van der Waals surface area contributed by atoms with Gasteiger partial charge in [0.1, 0.15) is 0 Å². The lowest BCUT2D eigenvalue weighted by Crippen LogP contribution is -2.48. The van der Waals surface area contributed by atoms with Crippen LogP contribution in [0.1, 0.15) is 51.7 Å². The molecule has 0 aromatic heterocycles. The fourth-order valence-corrected chi connectivity index (χ4v) is 3.15. The molecule has 0 bridgehead atoms. The number of likely N-dealkylation sites (tertiary alicyclic amines) is 1. The average Bonchev–Trinajstić information content (AvgIpc) is 2.62. The highest BCUT2D eigenvalue weighted by Crippen LogP contribution is 2.22. The van der Waals surface area contributed by atoms with Crippen LogP contribution < -0.4 is 11.1 Å². The van der Waals surface area contributed by atoms with Gasteiger partial charge in [-0.15, -0.1) is 0 Å². The maximum atomic E-state index is 11.7. The number of nitrogens with two attached hydrogens (primary N) is 1. The van der Waals surface area contributed by atoms with Crippen LogP contribution in [0.2, 0.25) is 0 Å². The zero-order chi connectivity index (χ0) is 19.9. The van der Waals surface area contributed by atoms with E-state index in [1.54, 1.807) is 4.90 Å². The van der Waals surface area contributed by atoms with Crippen molar-refractivity contribution in [2.24, 2.45) is 10.7 Å². The average molecular weight is 375 g/mol. The van der Waals surface area contributed by atoms with Gasteiger partial charge in [0.15, 0.2) is 5.96 Å². The molecule has 0 aliphatic carbocycles. The van der Waals surface area contributed by atoms with Gasteiger partial charge in [-0.1, -0.05) is 45.0 Å². The predicted octanol–water partition coefficient (Wildman–Crippen LogP) is 3.05. The summed E-state index contributed by atoms with van der Waals surface area (Å²) < 4.78 is 5.04. The molecule has 1 aromatic carbocycles. The molecule has 0 saturated carbocycles. The normalized spacial score (nSPS) is 16.3. The minimum absolute atomic E-state index is 0.174. The Labute approximate surface area is 163 Å². The molecular weight excluding hydrogens is 340 g/mol. The number of hydrogen-bond donors (Lipinski definition) is 2. The molecule has 0 radical (unpaired) electrons. The maximum absolute atomic E-state index is 11.7. The van der Waals surface area contributed by atoms with E-state index in [1.165, 1.54) is 11.1 Å². The van der Waals surface area contributed by atoms with Gasteiger partial charge >= 0.3 is 6.09 Å². The number of hydrogen-bond acceptors (Lipinski definition) is 3. The quantitative estimate of drug-likeness (QED) is 0.613. The van der Waals surface area contributed by atoms with Crippen molar-refractivity contribution in [1.29, 1.82) is 0 Å². The predicted molar refractivity (Wildman–Crippen MR) is 110 cm³/mol. The van der Waals surface area contributed by atoms with E-state index in [2.05, 4.69) is 55.3 Å². The van der Waals surface area contributed by atoms with Crippen molar-refractivity contribution in [3.05, 3.63) is 35.4 Å². The van der Waals surface area contributed by atoms with Gasteiger partial charge in [-0.3, -0.25) is 4.99 Å². The molecule has 0 spiro atoms. The zero-order valence-corrected chi connectivity index (χ0v) is 17.1. The van der Waals surface area contributed by atoms with Crippen molar-refractivity contribution in [3.8, 4) is 0 Å². The molecule has 1 heterocycles. The number of carbonyl (C=O) groups is 1. The Morgan fingerprint density at radius 3 is 2.44 bits per heavy atom. The number of ether oxygens (including phenoxy) is 1. The highest BCUT2D eigenvalue weighted by Gasteiger charge is 2.23. The molecule has 1 saturated heterocycles. The number of guanidine groups is 1. The first-order chi connectivity index (χ1) is 12.8. The first kappa shape index (κ1) is 21.1. The summed E-state index contributed by atoms with van der Waals surface area (Å²) >= 11 is 0. The Morgan fingerprint density at radius 2 is 1.89 bits per heavy atom. The van der Waals surface area contributed by atoms with E-state index in [0.717, 1.165) is 19.3 Å². The van der Waals surface area contributed by atoms with E-state index in [-0.39, 0.29) is 17.6 Å². The van der Waals surface area contributed by atoms with Crippen molar-refractivity contribution >= 4 is 12.1 Å². The Morgan fingerprint density at radius 1 is 1.26 bits per heavy atom. The lowest BCUT2D eigenvalue weighted by Gasteiger charge is -2.31. The largest absolute Gasteiger partial charge is 0.450 e. The summed E-state index contributed by atoms with van der Waals surface area (Å²) in [5, 5.41) is 3.27. The summed E-state index contributed by atoms with van der Waals surface area (Å²) in [4.78, 5) is 17.9. The number of carbonyl (C=O) groups excluding carboxylic acids is 1. The van der Waals surface area contributed by atoms with Crippen molar-refractivity contribution in [2.45, 2.75) is 58.4 Å². The van der Waals surface area contributed by atoms with Crippen LogP contribution in [0.3, 0.4) is 0 Å². The summed E-state index contributed by atoms with van der Waals surface area (Å²) in [6.45, 7) is 10.9. The summed E-state index contributed by atoms with van der Waals surface area (Å²) in [6.07, 6.45) is 2.34. The van der Waals surface area contributed by atoms with E-state index in [9.17, 15) is 4.79 Å². The topological polar surface area (TPSA) is 80.0 Å². The summed E-state index contributed by atoms with van der Waals surface area (Å²) in [5.41, 5.74) is 8.80. The van der Waals surface area contributed by atoms with Crippen molar-refractivity contribution < 1.29 is 9.53 Å².